The van der Waals surface area contributed by atoms with Gasteiger partial charge >= 0.3 is 18.0 Å². The standard InChI is InChI=1S/C37H28N6O13S2/c1-17-11-19(35(46)47)3-9-27(17)40-42-31-29(57(51,52)53)15-21-13-23(5-7-25(21)33(31)44)38-37(50)39-24-6-8-26-22(14-24)16-30(58(54,55)56)32(34(26)45)43-41-28-10-4-20(36(48)49)12-18(28)2/h3-16,40-41H,1-2H3,(H,46,47)(H,48,49)(H2,38,39,50)(H,51,52,53)(H,54,55,56)/b42-31-,43-32+. The molecule has 2 aliphatic carbocycles. The monoisotopic (exact) mass is 828 g/mol. The van der Waals surface area contributed by atoms with Gasteiger partial charge in [-0.3, -0.25) is 29.5 Å². The molecule has 0 bridgehead atoms. The number of allylic oxidation sites excluding steroid dienone is 2. The predicted molar refractivity (Wildman–Crippen MR) is 212 cm³/mol. The Morgan fingerprint density at radius 2 is 0.948 bits per heavy atom. The van der Waals surface area contributed by atoms with Crippen LogP contribution in [-0.4, -0.2) is 77.1 Å². The van der Waals surface area contributed by atoms with Crippen LogP contribution in [0.15, 0.2) is 92.8 Å². The first-order valence-corrected chi connectivity index (χ1v) is 19.3. The summed E-state index contributed by atoms with van der Waals surface area (Å²) in [6.07, 6.45) is 1.94. The Hall–Kier alpha value is -7.33. The van der Waals surface area contributed by atoms with E-state index >= 15 is 0 Å². The molecule has 6 rings (SSSR count). The van der Waals surface area contributed by atoms with Crippen LogP contribution >= 0.6 is 0 Å². The van der Waals surface area contributed by atoms with Gasteiger partial charge in [-0.05, 0) is 121 Å². The fourth-order valence-electron chi connectivity index (χ4n) is 5.81. The van der Waals surface area contributed by atoms with Crippen LogP contribution in [0.4, 0.5) is 27.5 Å². The second-order valence-corrected chi connectivity index (χ2v) is 15.4. The molecule has 4 aromatic carbocycles. The van der Waals surface area contributed by atoms with E-state index in [4.69, 9.17) is 0 Å². The molecule has 21 heteroatoms. The minimum Gasteiger partial charge on any atom is -0.478 e. The van der Waals surface area contributed by atoms with Gasteiger partial charge in [0.15, 0.2) is 11.4 Å². The summed E-state index contributed by atoms with van der Waals surface area (Å²) in [6, 6.07) is 14.8. The summed E-state index contributed by atoms with van der Waals surface area (Å²) >= 11 is 0. The molecule has 0 radical (unpaired) electrons. The molecule has 19 nitrogen and oxygen atoms in total. The van der Waals surface area contributed by atoms with E-state index in [1.807, 2.05) is 0 Å². The maximum absolute atomic E-state index is 13.4. The van der Waals surface area contributed by atoms with Crippen LogP contribution in [-0.2, 0) is 20.2 Å². The van der Waals surface area contributed by atoms with Crippen molar-refractivity contribution in [2.75, 3.05) is 21.5 Å². The number of rotatable bonds is 10. The molecule has 2 amide bonds. The number of hydrogen-bond acceptors (Lipinski definition) is 13. The van der Waals surface area contributed by atoms with Crippen LogP contribution < -0.4 is 21.5 Å². The van der Waals surface area contributed by atoms with Crippen molar-refractivity contribution in [3.63, 3.8) is 0 Å². The normalized spacial score (nSPS) is 15.2. The van der Waals surface area contributed by atoms with Gasteiger partial charge < -0.3 is 20.8 Å². The van der Waals surface area contributed by atoms with Crippen LogP contribution in [0.25, 0.3) is 12.2 Å². The van der Waals surface area contributed by atoms with Gasteiger partial charge in [0.25, 0.3) is 20.2 Å². The van der Waals surface area contributed by atoms with E-state index in [0.29, 0.717) is 11.1 Å². The van der Waals surface area contributed by atoms with Crippen molar-refractivity contribution >= 4 is 96.1 Å². The average molecular weight is 829 g/mol. The van der Waals surface area contributed by atoms with Crippen molar-refractivity contribution in [2.24, 2.45) is 10.2 Å². The lowest BCUT2D eigenvalue weighted by Crippen LogP contribution is -2.27. The summed E-state index contributed by atoms with van der Waals surface area (Å²) in [5.41, 5.74) is 5.05. The molecule has 0 spiro atoms. The van der Waals surface area contributed by atoms with E-state index in [1.54, 1.807) is 13.8 Å². The number of anilines is 4. The molecule has 296 valence electrons. The Bertz CT molecular complexity index is 2690. The highest BCUT2D eigenvalue weighted by molar-refractivity contribution is 7.91. The maximum Gasteiger partial charge on any atom is 0.335 e. The molecule has 0 aliphatic heterocycles. The number of Topliss-reactive ketones (excluding diaryl/α,β-unsaturated/α-hetero) is 2. The summed E-state index contributed by atoms with van der Waals surface area (Å²) in [4.78, 5) is 60.7. The first kappa shape index (κ1) is 40.3. The van der Waals surface area contributed by atoms with Gasteiger partial charge in [0.05, 0.1) is 22.5 Å². The molecule has 58 heavy (non-hydrogen) atoms. The number of nitrogens with zero attached hydrogens (tertiary/aromatic N) is 2. The first-order valence-electron chi connectivity index (χ1n) is 16.4. The number of urea groups is 1. The second kappa shape index (κ2) is 15.3. The molecule has 0 atom stereocenters. The highest BCUT2D eigenvalue weighted by Gasteiger charge is 2.34. The summed E-state index contributed by atoms with van der Waals surface area (Å²) < 4.78 is 69.3. The molecule has 0 unspecified atom stereocenters. The van der Waals surface area contributed by atoms with Gasteiger partial charge in [-0.2, -0.15) is 27.0 Å². The molecule has 0 fully saturated rings. The summed E-state index contributed by atoms with van der Waals surface area (Å²) in [6.45, 7) is 3.11. The van der Waals surface area contributed by atoms with E-state index in [2.05, 4.69) is 31.7 Å². The number of carboxylic acids is 2. The Labute approximate surface area is 328 Å². The van der Waals surface area contributed by atoms with Crippen LogP contribution in [0.5, 0.6) is 0 Å². The zero-order valence-electron chi connectivity index (χ0n) is 29.8. The third-order valence-corrected chi connectivity index (χ3v) is 10.4. The van der Waals surface area contributed by atoms with Crippen molar-refractivity contribution in [1.29, 1.82) is 0 Å². The Morgan fingerprint density at radius 1 is 0.569 bits per heavy atom. The number of hydrazone groups is 2. The number of amides is 2. The average Bonchev–Trinajstić information content (AvgIpc) is 3.13. The molecule has 4 aromatic rings. The molecule has 2 aliphatic rings. The topological polar surface area (TPSA) is 307 Å². The largest absolute Gasteiger partial charge is 0.478 e. The number of aromatic carboxylic acids is 2. The van der Waals surface area contributed by atoms with Crippen LogP contribution in [0.3, 0.4) is 0 Å². The highest BCUT2D eigenvalue weighted by Crippen LogP contribution is 2.31. The van der Waals surface area contributed by atoms with E-state index in [0.717, 1.165) is 12.2 Å². The molecular formula is C37H28N6O13S2. The highest BCUT2D eigenvalue weighted by atomic mass is 32.2. The van der Waals surface area contributed by atoms with Crippen molar-refractivity contribution < 1.29 is 60.1 Å². The summed E-state index contributed by atoms with van der Waals surface area (Å²) in [7, 11) is -10.1. The minimum atomic E-state index is -5.03. The number of carbonyl (C=O) groups excluding carboxylic acids is 3. The molecule has 0 aromatic heterocycles. The van der Waals surface area contributed by atoms with Gasteiger partial charge in [-0.1, -0.05) is 0 Å². The van der Waals surface area contributed by atoms with Crippen molar-refractivity contribution in [1.82, 2.24) is 0 Å². The number of ketones is 2. The maximum atomic E-state index is 13.4. The van der Waals surface area contributed by atoms with Gasteiger partial charge in [0.1, 0.15) is 9.81 Å². The van der Waals surface area contributed by atoms with Crippen LogP contribution in [0, 0.1) is 13.8 Å². The van der Waals surface area contributed by atoms with E-state index in [9.17, 15) is 60.1 Å². The SMILES string of the molecule is Cc1cc(C(=O)O)ccc1N/N=C1/C(=O)c2ccc(NC(=O)Nc3ccc4c(c3)C=C(S(=O)(=O)O)/C(=N/Nc3ccc(C(=O)O)cc3C)C4=O)cc2C=C1S(=O)(=O)O. The van der Waals surface area contributed by atoms with Crippen LogP contribution in [0.2, 0.25) is 0 Å². The van der Waals surface area contributed by atoms with Crippen molar-refractivity contribution in [3.05, 3.63) is 127 Å². The zero-order valence-corrected chi connectivity index (χ0v) is 31.4. The molecule has 0 saturated carbocycles. The smallest absolute Gasteiger partial charge is 0.335 e. The van der Waals surface area contributed by atoms with Gasteiger partial charge in [0.2, 0.25) is 11.6 Å². The summed E-state index contributed by atoms with van der Waals surface area (Å²) in [5.74, 6) is -4.15. The Kier molecular flexibility index (Phi) is 10.6. The quantitative estimate of drug-likeness (QED) is 0.0759. The third-order valence-electron chi connectivity index (χ3n) is 8.66. The number of benzene rings is 4. The lowest BCUT2D eigenvalue weighted by Gasteiger charge is -2.18. The van der Waals surface area contributed by atoms with Crippen molar-refractivity contribution in [2.45, 2.75) is 13.8 Å². The molecule has 8 N–H and O–H groups in total. The molecular weight excluding hydrogens is 801 g/mol. The first-order chi connectivity index (χ1) is 27.2. The minimum absolute atomic E-state index is 0.00839. The van der Waals surface area contributed by atoms with Gasteiger partial charge in [-0.15, -0.1) is 0 Å². The van der Waals surface area contributed by atoms with Crippen molar-refractivity contribution in [3.8, 4) is 0 Å². The lowest BCUT2D eigenvalue weighted by atomic mass is 9.94. The fourth-order valence-corrected chi connectivity index (χ4v) is 7.12. The second-order valence-electron chi connectivity index (χ2n) is 12.6. The molecule has 0 heterocycles. The number of hydrogen-bond donors (Lipinski definition) is 8. The molecule has 0 saturated heterocycles. The number of nitrogens with one attached hydrogen (secondary N) is 4. The lowest BCUT2D eigenvalue weighted by molar-refractivity contribution is 0.0686. The zero-order chi connectivity index (χ0) is 42.3. The van der Waals surface area contributed by atoms with E-state index < -0.39 is 71.0 Å². The number of aryl methyl sites for hydroxylation is 2. The van der Waals surface area contributed by atoms with E-state index in [-0.39, 0.29) is 56.1 Å². The predicted octanol–water partition coefficient (Wildman–Crippen LogP) is 5.13. The fraction of sp³-hybridized carbons (Fsp3) is 0.0541. The number of fused-ring (bicyclic) bond motifs is 2. The summed E-state index contributed by atoms with van der Waals surface area (Å²) in [5, 5.41) is 31.2. The van der Waals surface area contributed by atoms with Crippen LogP contribution in [0.1, 0.15) is 63.7 Å². The van der Waals surface area contributed by atoms with Gasteiger partial charge in [-0.25, -0.2) is 14.4 Å². The number of carbonyl (C=O) groups is 5. The van der Waals surface area contributed by atoms with Gasteiger partial charge in [0, 0.05) is 22.5 Å². The van der Waals surface area contributed by atoms with E-state index in [1.165, 1.54) is 72.8 Å². The number of carboxylic acid groups (broad SMARTS) is 2. The Balaban J connectivity index is 1.21. The Morgan fingerprint density at radius 3 is 1.28 bits per heavy atom. The third kappa shape index (κ3) is 8.41.